The molecule has 0 bridgehead atoms. The lowest BCUT2D eigenvalue weighted by atomic mass is 9.89. The molecule has 0 aliphatic carbocycles. The largest absolute Gasteiger partial charge is 0.479 e. The normalized spacial score (nSPS) is 41.9. The number of aliphatic hydroxyl groups excluding tert-OH is 3. The average molecular weight is 220 g/mol. The van der Waals surface area contributed by atoms with E-state index in [1.54, 1.807) is 13.8 Å². The van der Waals surface area contributed by atoms with Crippen LogP contribution < -0.4 is 0 Å². The van der Waals surface area contributed by atoms with Gasteiger partial charge in [0.15, 0.2) is 6.10 Å². The van der Waals surface area contributed by atoms with E-state index in [-0.39, 0.29) is 5.92 Å². The second kappa shape index (κ2) is 4.44. The first kappa shape index (κ1) is 12.4. The molecule has 0 aromatic carbocycles. The third kappa shape index (κ3) is 2.28. The van der Waals surface area contributed by atoms with Gasteiger partial charge in [-0.3, -0.25) is 0 Å². The molecule has 6 heteroatoms. The second-order valence-corrected chi connectivity index (χ2v) is 4.08. The van der Waals surface area contributed by atoms with Crippen molar-refractivity contribution in [2.75, 3.05) is 0 Å². The summed E-state index contributed by atoms with van der Waals surface area (Å²) in [6.45, 7) is 3.47. The maximum absolute atomic E-state index is 10.7. The van der Waals surface area contributed by atoms with Gasteiger partial charge in [0.05, 0.1) is 6.10 Å². The molecule has 4 N–H and O–H groups in total. The zero-order valence-corrected chi connectivity index (χ0v) is 8.57. The minimum atomic E-state index is -1.60. The highest BCUT2D eigenvalue weighted by atomic mass is 16.6. The molecule has 0 saturated carbocycles. The molecule has 0 spiro atoms. The van der Waals surface area contributed by atoms with E-state index in [1.165, 1.54) is 0 Å². The molecule has 1 heterocycles. The quantitative estimate of drug-likeness (QED) is 0.455. The Morgan fingerprint density at radius 3 is 2.07 bits per heavy atom. The van der Waals surface area contributed by atoms with Gasteiger partial charge in [-0.1, -0.05) is 13.8 Å². The van der Waals surface area contributed by atoms with Gasteiger partial charge in [-0.25, -0.2) is 4.79 Å². The summed E-state index contributed by atoms with van der Waals surface area (Å²) in [4.78, 5) is 10.7. The summed E-state index contributed by atoms with van der Waals surface area (Å²) in [7, 11) is 0. The number of aliphatic hydroxyl groups is 3. The van der Waals surface area contributed by atoms with Gasteiger partial charge in [-0.05, 0) is 5.92 Å². The van der Waals surface area contributed by atoms with E-state index in [9.17, 15) is 20.1 Å². The summed E-state index contributed by atoms with van der Waals surface area (Å²) in [5, 5.41) is 37.1. The van der Waals surface area contributed by atoms with E-state index in [0.717, 1.165) is 0 Å². The monoisotopic (exact) mass is 220 g/mol. The van der Waals surface area contributed by atoms with Gasteiger partial charge in [0.2, 0.25) is 0 Å². The molecular formula is C9H16O6. The van der Waals surface area contributed by atoms with Crippen molar-refractivity contribution in [1.29, 1.82) is 0 Å². The predicted octanol–water partition coefficient (Wildman–Crippen LogP) is -1.42. The average Bonchev–Trinajstić information content (AvgIpc) is 2.13. The lowest BCUT2D eigenvalue weighted by Crippen LogP contribution is -2.60. The van der Waals surface area contributed by atoms with Crippen LogP contribution in [0.2, 0.25) is 0 Å². The molecule has 0 unspecified atom stereocenters. The number of carboxylic acids is 1. The molecule has 1 saturated heterocycles. The summed E-state index contributed by atoms with van der Waals surface area (Å²) in [5.74, 6) is -1.50. The Hall–Kier alpha value is -0.690. The van der Waals surface area contributed by atoms with Crippen molar-refractivity contribution in [3.8, 4) is 0 Å². The van der Waals surface area contributed by atoms with Gasteiger partial charge in [0, 0.05) is 0 Å². The van der Waals surface area contributed by atoms with Crippen molar-refractivity contribution < 1.29 is 30.0 Å². The van der Waals surface area contributed by atoms with Gasteiger partial charge < -0.3 is 25.2 Å². The Bertz CT molecular complexity index is 241. The van der Waals surface area contributed by atoms with Gasteiger partial charge in [0.1, 0.15) is 18.3 Å². The van der Waals surface area contributed by atoms with E-state index in [1.807, 2.05) is 0 Å². The molecule has 1 aliphatic heterocycles. The first-order chi connectivity index (χ1) is 6.86. The van der Waals surface area contributed by atoms with Crippen LogP contribution in [0.4, 0.5) is 0 Å². The maximum atomic E-state index is 10.7. The summed E-state index contributed by atoms with van der Waals surface area (Å²) in [5.41, 5.74) is 0. The van der Waals surface area contributed by atoms with Crippen molar-refractivity contribution in [3.63, 3.8) is 0 Å². The zero-order valence-electron chi connectivity index (χ0n) is 8.57. The number of hydrogen-bond acceptors (Lipinski definition) is 5. The van der Waals surface area contributed by atoms with Crippen LogP contribution in [0.1, 0.15) is 13.8 Å². The fourth-order valence-corrected chi connectivity index (χ4v) is 1.66. The molecule has 88 valence electrons. The molecule has 0 amide bonds. The molecule has 1 fully saturated rings. The maximum Gasteiger partial charge on any atom is 0.335 e. The van der Waals surface area contributed by atoms with Crippen molar-refractivity contribution in [2.45, 2.75) is 44.4 Å². The van der Waals surface area contributed by atoms with Gasteiger partial charge in [-0.2, -0.15) is 0 Å². The van der Waals surface area contributed by atoms with E-state index < -0.39 is 36.5 Å². The van der Waals surface area contributed by atoms with E-state index >= 15 is 0 Å². The summed E-state index contributed by atoms with van der Waals surface area (Å²) in [6.07, 6.45) is -6.64. The highest BCUT2D eigenvalue weighted by Crippen LogP contribution is 2.25. The van der Waals surface area contributed by atoms with E-state index in [0.29, 0.717) is 0 Å². The molecular weight excluding hydrogens is 204 g/mol. The predicted molar refractivity (Wildman–Crippen MR) is 49.2 cm³/mol. The minimum Gasteiger partial charge on any atom is -0.479 e. The standard InChI is InChI=1S/C9H16O6/c1-3(2)7-5(11)4(10)6(12)8(15-7)9(13)14/h3-8,10-12H,1-2H3,(H,13,14)/t4-,5-,6-,7+,8+/m1/s1. The molecule has 15 heavy (non-hydrogen) atoms. The van der Waals surface area contributed by atoms with Crippen LogP contribution in [0.3, 0.4) is 0 Å². The zero-order chi connectivity index (χ0) is 11.7. The molecule has 0 aromatic heterocycles. The first-order valence-corrected chi connectivity index (χ1v) is 4.78. The smallest absolute Gasteiger partial charge is 0.335 e. The lowest BCUT2D eigenvalue weighted by molar-refractivity contribution is -0.235. The molecule has 6 nitrogen and oxygen atoms in total. The Morgan fingerprint density at radius 1 is 1.13 bits per heavy atom. The third-order valence-electron chi connectivity index (χ3n) is 2.55. The molecule has 5 atom stereocenters. The molecule has 0 aromatic rings. The van der Waals surface area contributed by atoms with Gasteiger partial charge in [0.25, 0.3) is 0 Å². The Balaban J connectivity index is 2.85. The molecule has 0 radical (unpaired) electrons. The van der Waals surface area contributed by atoms with Crippen LogP contribution in [0.15, 0.2) is 0 Å². The van der Waals surface area contributed by atoms with Crippen molar-refractivity contribution in [3.05, 3.63) is 0 Å². The van der Waals surface area contributed by atoms with Crippen LogP contribution in [0.5, 0.6) is 0 Å². The second-order valence-electron chi connectivity index (χ2n) is 4.08. The van der Waals surface area contributed by atoms with E-state index in [4.69, 9.17) is 9.84 Å². The highest BCUT2D eigenvalue weighted by Gasteiger charge is 2.47. The topological polar surface area (TPSA) is 107 Å². The number of carboxylic acid groups (broad SMARTS) is 1. The van der Waals surface area contributed by atoms with Gasteiger partial charge >= 0.3 is 5.97 Å². The number of ether oxygens (including phenoxy) is 1. The minimum absolute atomic E-state index is 0.149. The molecule has 1 aliphatic rings. The summed E-state index contributed by atoms with van der Waals surface area (Å²) < 4.78 is 5.04. The van der Waals surface area contributed by atoms with Crippen LogP contribution in [0, 0.1) is 5.92 Å². The Kier molecular flexibility index (Phi) is 3.67. The third-order valence-corrected chi connectivity index (χ3v) is 2.55. The van der Waals surface area contributed by atoms with Crippen LogP contribution >= 0.6 is 0 Å². The summed E-state index contributed by atoms with van der Waals surface area (Å²) >= 11 is 0. The van der Waals surface area contributed by atoms with Crippen LogP contribution in [-0.4, -0.2) is 56.9 Å². The SMILES string of the molecule is CC(C)[C@@H]1O[C@H](C(=O)O)[C@H](O)[C@H](O)[C@H]1O. The highest BCUT2D eigenvalue weighted by molar-refractivity contribution is 5.73. The van der Waals surface area contributed by atoms with Gasteiger partial charge in [-0.15, -0.1) is 0 Å². The van der Waals surface area contributed by atoms with Crippen LogP contribution in [0.25, 0.3) is 0 Å². The first-order valence-electron chi connectivity index (χ1n) is 4.78. The Morgan fingerprint density at radius 2 is 1.67 bits per heavy atom. The fourth-order valence-electron chi connectivity index (χ4n) is 1.66. The molecule has 1 rings (SSSR count). The number of hydrogen-bond donors (Lipinski definition) is 4. The fraction of sp³-hybridized carbons (Fsp3) is 0.889. The number of carbonyl (C=O) groups is 1. The Labute approximate surface area is 87.1 Å². The van der Waals surface area contributed by atoms with Crippen LogP contribution in [-0.2, 0) is 9.53 Å². The van der Waals surface area contributed by atoms with Crippen molar-refractivity contribution in [2.24, 2.45) is 5.92 Å². The number of aliphatic carboxylic acids is 1. The summed E-state index contributed by atoms with van der Waals surface area (Å²) in [6, 6.07) is 0. The number of rotatable bonds is 2. The lowest BCUT2D eigenvalue weighted by Gasteiger charge is -2.40. The van der Waals surface area contributed by atoms with Crippen molar-refractivity contribution in [1.82, 2.24) is 0 Å². The van der Waals surface area contributed by atoms with Crippen molar-refractivity contribution >= 4 is 5.97 Å². The van der Waals surface area contributed by atoms with E-state index in [2.05, 4.69) is 0 Å².